The van der Waals surface area contributed by atoms with Crippen LogP contribution in [0.4, 0.5) is 5.69 Å². The van der Waals surface area contributed by atoms with Gasteiger partial charge in [-0.1, -0.05) is 24.2 Å². The number of carbonyl (C=O) groups is 1. The number of carbonyl (C=O) groups excluding carboxylic acids is 1. The largest absolute Gasteiger partial charge is 0.379 e. The lowest BCUT2D eigenvalue weighted by atomic mass is 9.95. The smallest absolute Gasteiger partial charge is 0.234 e. The average molecular weight is 459 g/mol. The normalized spacial score (nSPS) is 19.3. The number of pyridine rings is 1. The van der Waals surface area contributed by atoms with E-state index in [0.717, 1.165) is 35.1 Å². The number of piperidine rings is 1. The van der Waals surface area contributed by atoms with Gasteiger partial charge in [-0.25, -0.2) is 13.4 Å². The molecule has 3 aromatic heterocycles. The van der Waals surface area contributed by atoms with E-state index in [1.807, 2.05) is 6.07 Å². The van der Waals surface area contributed by atoms with Crippen LogP contribution in [0.15, 0.2) is 22.8 Å². The van der Waals surface area contributed by atoms with Crippen LogP contribution in [0.25, 0.3) is 21.6 Å². The molecular formula is C20H22N6O3S2. The Balaban J connectivity index is 1.70. The fraction of sp³-hybridized carbons (Fsp3) is 0.400. The molecule has 4 heterocycles. The van der Waals surface area contributed by atoms with Gasteiger partial charge >= 0.3 is 0 Å². The highest BCUT2D eigenvalue weighted by atomic mass is 32.2. The number of rotatable bonds is 5. The van der Waals surface area contributed by atoms with Crippen LogP contribution >= 0.6 is 11.3 Å². The van der Waals surface area contributed by atoms with Crippen molar-refractivity contribution in [2.45, 2.75) is 30.1 Å². The van der Waals surface area contributed by atoms with Crippen molar-refractivity contribution in [2.24, 2.45) is 5.92 Å². The van der Waals surface area contributed by atoms with Crippen LogP contribution in [0.2, 0.25) is 0 Å². The summed E-state index contributed by atoms with van der Waals surface area (Å²) in [4.78, 5) is 21.7. The summed E-state index contributed by atoms with van der Waals surface area (Å²) in [6.07, 6.45) is 10.8. The molecule has 0 unspecified atom stereocenters. The van der Waals surface area contributed by atoms with Gasteiger partial charge in [0.05, 0.1) is 17.7 Å². The number of aromatic nitrogens is 4. The molecule has 0 bridgehead atoms. The van der Waals surface area contributed by atoms with E-state index >= 15 is 0 Å². The lowest BCUT2D eigenvalue weighted by Gasteiger charge is -2.37. The fourth-order valence-corrected chi connectivity index (χ4v) is 5.48. The molecule has 9 nitrogen and oxygen atoms in total. The molecule has 0 aromatic carbocycles. The van der Waals surface area contributed by atoms with Crippen molar-refractivity contribution in [3.63, 3.8) is 0 Å². The van der Waals surface area contributed by atoms with E-state index in [9.17, 15) is 13.2 Å². The second-order valence-electron chi connectivity index (χ2n) is 7.79. The number of amides is 1. The van der Waals surface area contributed by atoms with E-state index in [1.54, 1.807) is 17.3 Å². The van der Waals surface area contributed by atoms with Crippen molar-refractivity contribution in [3.05, 3.63) is 18.5 Å². The number of nitrogens with one attached hydrogen (secondary N) is 2. The molecule has 162 valence electrons. The van der Waals surface area contributed by atoms with E-state index in [4.69, 9.17) is 6.42 Å². The maximum atomic E-state index is 12.4. The summed E-state index contributed by atoms with van der Waals surface area (Å²) in [7, 11) is -3.45. The standard InChI is InChI=1S/C20H22N6O3S2/c1-4-5-16(27)26-10-12(2)8-13(11-26)23-17-14-6-7-21-18(14)22-9-15(17)19-24-25-20(30-19)31(3,28)29/h1,6-7,9,12-13H,5,8,10-11H2,2-3H3,(H2,21,22,23)/t12-,13+/m0/s1. The molecule has 2 N–H and O–H groups in total. The third-order valence-electron chi connectivity index (χ3n) is 5.15. The Morgan fingerprint density at radius 3 is 2.94 bits per heavy atom. The van der Waals surface area contributed by atoms with Crippen molar-refractivity contribution in [3.8, 4) is 22.9 Å². The minimum atomic E-state index is -3.45. The lowest BCUT2D eigenvalue weighted by molar-refractivity contribution is -0.131. The minimum absolute atomic E-state index is 0.00739. The Kier molecular flexibility index (Phi) is 5.68. The Bertz CT molecular complexity index is 1270. The van der Waals surface area contributed by atoms with Gasteiger partial charge in [-0.05, 0) is 18.4 Å². The molecule has 11 heteroatoms. The number of terminal acetylenes is 1. The van der Waals surface area contributed by atoms with Crippen LogP contribution in [0.3, 0.4) is 0 Å². The molecule has 1 fully saturated rings. The number of likely N-dealkylation sites (tertiary alicyclic amines) is 1. The van der Waals surface area contributed by atoms with Gasteiger partial charge in [0.25, 0.3) is 0 Å². The van der Waals surface area contributed by atoms with Gasteiger partial charge in [-0.15, -0.1) is 16.6 Å². The molecule has 0 spiro atoms. The molecule has 4 rings (SSSR count). The third-order valence-corrected chi connectivity index (χ3v) is 7.78. The molecular weight excluding hydrogens is 436 g/mol. The van der Waals surface area contributed by atoms with Gasteiger partial charge in [0.15, 0.2) is 5.01 Å². The summed E-state index contributed by atoms with van der Waals surface area (Å²) in [5.74, 6) is 2.68. The third kappa shape index (κ3) is 4.40. The maximum absolute atomic E-state index is 12.4. The number of fused-ring (bicyclic) bond motifs is 1. The summed E-state index contributed by atoms with van der Waals surface area (Å²) >= 11 is 1.01. The zero-order valence-electron chi connectivity index (χ0n) is 17.1. The molecule has 31 heavy (non-hydrogen) atoms. The average Bonchev–Trinajstić information content (AvgIpc) is 3.37. The number of hydrogen-bond acceptors (Lipinski definition) is 8. The number of nitrogens with zero attached hydrogens (tertiary/aromatic N) is 4. The number of hydrogen-bond donors (Lipinski definition) is 2. The molecule has 0 aliphatic carbocycles. The van der Waals surface area contributed by atoms with Crippen molar-refractivity contribution in [1.29, 1.82) is 0 Å². The monoisotopic (exact) mass is 458 g/mol. The minimum Gasteiger partial charge on any atom is -0.379 e. The molecule has 1 amide bonds. The number of H-pyrrole nitrogens is 1. The zero-order valence-corrected chi connectivity index (χ0v) is 18.8. The van der Waals surface area contributed by atoms with Gasteiger partial charge in [0.2, 0.25) is 20.1 Å². The van der Waals surface area contributed by atoms with Gasteiger partial charge < -0.3 is 15.2 Å². The Labute approximate surface area is 184 Å². The van der Waals surface area contributed by atoms with E-state index < -0.39 is 9.84 Å². The maximum Gasteiger partial charge on any atom is 0.234 e. The van der Waals surface area contributed by atoms with Gasteiger partial charge in [-0.3, -0.25) is 4.79 Å². The molecule has 0 saturated carbocycles. The van der Waals surface area contributed by atoms with Crippen molar-refractivity contribution >= 4 is 43.8 Å². The van der Waals surface area contributed by atoms with E-state index in [2.05, 4.69) is 38.3 Å². The predicted molar refractivity (Wildman–Crippen MR) is 119 cm³/mol. The molecule has 1 aliphatic heterocycles. The van der Waals surface area contributed by atoms with Crippen LogP contribution in [-0.2, 0) is 14.6 Å². The first-order chi connectivity index (χ1) is 14.8. The summed E-state index contributed by atoms with van der Waals surface area (Å²) in [5, 5.41) is 12.8. The molecule has 1 aliphatic rings. The van der Waals surface area contributed by atoms with Gasteiger partial charge in [-0.2, -0.15) is 0 Å². The van der Waals surface area contributed by atoms with Crippen molar-refractivity contribution in [1.82, 2.24) is 25.1 Å². The van der Waals surface area contributed by atoms with Crippen molar-refractivity contribution in [2.75, 3.05) is 24.7 Å². The second kappa shape index (κ2) is 8.28. The Hall–Kier alpha value is -2.97. The highest BCUT2D eigenvalue weighted by Gasteiger charge is 2.29. The second-order valence-corrected chi connectivity index (χ2v) is 11.0. The predicted octanol–water partition coefficient (Wildman–Crippen LogP) is 2.16. The SMILES string of the molecule is C#CCC(=O)N1C[C@@H](C)C[C@@H](Nc2c(-c3nnc(S(C)(=O)=O)s3)cnc3[nH]ccc23)C1. The van der Waals surface area contributed by atoms with E-state index in [1.165, 1.54) is 0 Å². The van der Waals surface area contributed by atoms with Crippen LogP contribution in [0, 0.1) is 18.3 Å². The topological polar surface area (TPSA) is 121 Å². The number of sulfone groups is 1. The van der Waals surface area contributed by atoms with Gasteiger partial charge in [0, 0.05) is 43.2 Å². The van der Waals surface area contributed by atoms with E-state index in [-0.39, 0.29) is 22.7 Å². The van der Waals surface area contributed by atoms with Gasteiger partial charge in [0.1, 0.15) is 5.65 Å². The van der Waals surface area contributed by atoms with Crippen LogP contribution in [0.1, 0.15) is 19.8 Å². The van der Waals surface area contributed by atoms with Crippen LogP contribution in [0.5, 0.6) is 0 Å². The summed E-state index contributed by atoms with van der Waals surface area (Å²) in [5.41, 5.74) is 2.15. The zero-order chi connectivity index (χ0) is 22.2. The summed E-state index contributed by atoms with van der Waals surface area (Å²) in [6.45, 7) is 3.31. The van der Waals surface area contributed by atoms with E-state index in [0.29, 0.717) is 35.2 Å². The molecule has 0 radical (unpaired) electrons. The number of aromatic amines is 1. The van der Waals surface area contributed by atoms with Crippen LogP contribution in [-0.4, -0.2) is 64.8 Å². The highest BCUT2D eigenvalue weighted by molar-refractivity contribution is 7.92. The highest BCUT2D eigenvalue weighted by Crippen LogP contribution is 2.37. The molecule has 3 aromatic rings. The molecule has 1 saturated heterocycles. The first-order valence-corrected chi connectivity index (χ1v) is 12.4. The molecule has 2 atom stereocenters. The lowest BCUT2D eigenvalue weighted by Crippen LogP contribution is -2.48. The quantitative estimate of drug-likeness (QED) is 0.562. The fourth-order valence-electron chi connectivity index (χ4n) is 3.86. The summed E-state index contributed by atoms with van der Waals surface area (Å²) < 4.78 is 23.7. The summed E-state index contributed by atoms with van der Waals surface area (Å²) in [6, 6.07) is 1.90. The van der Waals surface area contributed by atoms with Crippen molar-refractivity contribution < 1.29 is 13.2 Å². The first-order valence-electron chi connectivity index (χ1n) is 9.74. The Morgan fingerprint density at radius 2 is 2.23 bits per heavy atom. The number of anilines is 1. The van der Waals surface area contributed by atoms with Crippen LogP contribution < -0.4 is 5.32 Å². The Morgan fingerprint density at radius 1 is 1.42 bits per heavy atom. The first kappa shape index (κ1) is 21.3.